The first-order valence-electron chi connectivity index (χ1n) is 8.35. The molecule has 0 aliphatic heterocycles. The molecule has 0 amide bonds. The molecule has 4 aromatic rings. The third-order valence-electron chi connectivity index (χ3n) is 4.32. The number of benzene rings is 2. The first kappa shape index (κ1) is 16.2. The van der Waals surface area contributed by atoms with Gasteiger partial charge in [0.05, 0.1) is 11.1 Å². The van der Waals surface area contributed by atoms with Crippen LogP contribution in [0.3, 0.4) is 0 Å². The van der Waals surface area contributed by atoms with Crippen LogP contribution in [0.25, 0.3) is 16.7 Å². The molecule has 0 aliphatic rings. The van der Waals surface area contributed by atoms with Crippen molar-refractivity contribution in [3.8, 4) is 5.69 Å². The zero-order valence-corrected chi connectivity index (χ0v) is 14.6. The Morgan fingerprint density at radius 2 is 1.73 bits per heavy atom. The van der Waals surface area contributed by atoms with Crippen LogP contribution in [0.2, 0.25) is 0 Å². The van der Waals surface area contributed by atoms with Crippen LogP contribution in [0, 0.1) is 12.7 Å². The molecule has 0 aliphatic carbocycles. The molecule has 26 heavy (non-hydrogen) atoms. The average Bonchev–Trinajstić information content (AvgIpc) is 3.00. The molecule has 0 spiro atoms. The van der Waals surface area contributed by atoms with Crippen molar-refractivity contribution in [3.63, 3.8) is 0 Å². The van der Waals surface area contributed by atoms with E-state index in [4.69, 9.17) is 0 Å². The highest BCUT2D eigenvalue weighted by atomic mass is 19.1. The lowest BCUT2D eigenvalue weighted by molar-refractivity contribution is 0.612. The molecule has 2 heterocycles. The molecule has 0 saturated heterocycles. The molecule has 0 bridgehead atoms. The van der Waals surface area contributed by atoms with Gasteiger partial charge in [-0.25, -0.2) is 19.0 Å². The summed E-state index contributed by atoms with van der Waals surface area (Å²) in [6.07, 6.45) is 1.50. The Morgan fingerprint density at radius 1 is 1.00 bits per heavy atom. The second-order valence-electron chi connectivity index (χ2n) is 6.19. The maximum atomic E-state index is 14.2. The van der Waals surface area contributed by atoms with Crippen molar-refractivity contribution in [1.29, 1.82) is 0 Å². The van der Waals surface area contributed by atoms with Crippen LogP contribution >= 0.6 is 0 Å². The number of hydrogen-bond donors (Lipinski definition) is 0. The standard InChI is InChI=1S/C20H18FN5/c1-14-18-19(25(2)12-15-8-4-3-5-9-15)22-13-23-20(18)26(24-14)17-11-7-6-10-16(17)21/h3-11,13H,12H2,1-2H3. The van der Waals surface area contributed by atoms with Crippen molar-refractivity contribution in [3.05, 3.63) is 78.0 Å². The molecule has 2 aromatic carbocycles. The highest BCUT2D eigenvalue weighted by Crippen LogP contribution is 2.28. The third kappa shape index (κ3) is 2.79. The third-order valence-corrected chi connectivity index (χ3v) is 4.32. The largest absolute Gasteiger partial charge is 0.355 e. The first-order chi connectivity index (χ1) is 12.6. The van der Waals surface area contributed by atoms with E-state index >= 15 is 0 Å². The fraction of sp³-hybridized carbons (Fsp3) is 0.150. The number of rotatable bonds is 4. The molecule has 6 heteroatoms. The number of fused-ring (bicyclic) bond motifs is 1. The fourth-order valence-corrected chi connectivity index (χ4v) is 3.11. The number of hydrogen-bond acceptors (Lipinski definition) is 4. The van der Waals surface area contributed by atoms with Crippen LogP contribution in [-0.4, -0.2) is 26.8 Å². The van der Waals surface area contributed by atoms with E-state index in [2.05, 4.69) is 32.1 Å². The minimum atomic E-state index is -0.338. The Labute approximate surface area is 150 Å². The van der Waals surface area contributed by atoms with Crippen LogP contribution in [0.1, 0.15) is 11.3 Å². The van der Waals surface area contributed by atoms with E-state index in [9.17, 15) is 4.39 Å². The zero-order chi connectivity index (χ0) is 18.1. The van der Waals surface area contributed by atoms with Gasteiger partial charge in [-0.2, -0.15) is 5.10 Å². The van der Waals surface area contributed by atoms with Crippen molar-refractivity contribution < 1.29 is 4.39 Å². The molecule has 0 fully saturated rings. The molecule has 130 valence electrons. The van der Waals surface area contributed by atoms with Gasteiger partial charge in [0.2, 0.25) is 0 Å². The highest BCUT2D eigenvalue weighted by Gasteiger charge is 2.19. The minimum Gasteiger partial charge on any atom is -0.355 e. The second kappa shape index (κ2) is 6.55. The summed E-state index contributed by atoms with van der Waals surface area (Å²) in [4.78, 5) is 10.9. The monoisotopic (exact) mass is 347 g/mol. The smallest absolute Gasteiger partial charge is 0.168 e. The van der Waals surface area contributed by atoms with Gasteiger partial charge in [0.1, 0.15) is 23.6 Å². The van der Waals surface area contributed by atoms with Gasteiger partial charge in [-0.15, -0.1) is 0 Å². The topological polar surface area (TPSA) is 46.8 Å². The van der Waals surface area contributed by atoms with Gasteiger partial charge in [-0.1, -0.05) is 42.5 Å². The predicted molar refractivity (Wildman–Crippen MR) is 99.9 cm³/mol. The number of aryl methyl sites for hydroxylation is 1. The van der Waals surface area contributed by atoms with Crippen molar-refractivity contribution in [1.82, 2.24) is 19.7 Å². The SMILES string of the molecule is Cc1nn(-c2ccccc2F)c2ncnc(N(C)Cc3ccccc3)c12. The van der Waals surface area contributed by atoms with Crippen molar-refractivity contribution >= 4 is 16.9 Å². The van der Waals surface area contributed by atoms with E-state index in [0.717, 1.165) is 16.9 Å². The number of anilines is 1. The van der Waals surface area contributed by atoms with Crippen LogP contribution in [-0.2, 0) is 6.54 Å². The Morgan fingerprint density at radius 3 is 2.50 bits per heavy atom. The molecule has 0 unspecified atom stereocenters. The summed E-state index contributed by atoms with van der Waals surface area (Å²) in [5.41, 5.74) is 2.91. The maximum Gasteiger partial charge on any atom is 0.168 e. The quantitative estimate of drug-likeness (QED) is 0.562. The van der Waals surface area contributed by atoms with E-state index in [1.54, 1.807) is 22.9 Å². The van der Waals surface area contributed by atoms with Gasteiger partial charge < -0.3 is 4.90 Å². The molecule has 0 N–H and O–H groups in total. The molecule has 0 saturated carbocycles. The van der Waals surface area contributed by atoms with Gasteiger partial charge >= 0.3 is 0 Å². The Balaban J connectivity index is 1.82. The summed E-state index contributed by atoms with van der Waals surface area (Å²) in [7, 11) is 1.98. The maximum absolute atomic E-state index is 14.2. The minimum absolute atomic E-state index is 0.338. The van der Waals surface area contributed by atoms with Gasteiger partial charge in [0.15, 0.2) is 5.65 Å². The number of para-hydroxylation sites is 1. The summed E-state index contributed by atoms with van der Waals surface area (Å²) in [6, 6.07) is 16.7. The number of halogens is 1. The lowest BCUT2D eigenvalue weighted by Crippen LogP contribution is -2.18. The molecule has 5 nitrogen and oxygen atoms in total. The van der Waals surface area contributed by atoms with Crippen LogP contribution in [0.4, 0.5) is 10.2 Å². The Bertz CT molecular complexity index is 1060. The van der Waals surface area contributed by atoms with Gasteiger partial charge in [-0.05, 0) is 24.6 Å². The van der Waals surface area contributed by atoms with Gasteiger partial charge in [0, 0.05) is 13.6 Å². The zero-order valence-electron chi connectivity index (χ0n) is 14.6. The van der Waals surface area contributed by atoms with E-state index in [0.29, 0.717) is 17.9 Å². The molecule has 0 atom stereocenters. The molecule has 4 rings (SSSR count). The number of aromatic nitrogens is 4. The van der Waals surface area contributed by atoms with E-state index < -0.39 is 0 Å². The number of nitrogens with zero attached hydrogens (tertiary/aromatic N) is 5. The molecule has 0 radical (unpaired) electrons. The van der Waals surface area contributed by atoms with Crippen molar-refractivity contribution in [2.75, 3.05) is 11.9 Å². The van der Waals surface area contributed by atoms with Gasteiger partial charge in [0.25, 0.3) is 0 Å². The Kier molecular flexibility index (Phi) is 4.08. The van der Waals surface area contributed by atoms with E-state index in [-0.39, 0.29) is 5.82 Å². The van der Waals surface area contributed by atoms with Crippen molar-refractivity contribution in [2.24, 2.45) is 0 Å². The molecular weight excluding hydrogens is 329 g/mol. The van der Waals surface area contributed by atoms with Crippen molar-refractivity contribution in [2.45, 2.75) is 13.5 Å². The average molecular weight is 347 g/mol. The predicted octanol–water partition coefficient (Wildman–Crippen LogP) is 3.90. The normalized spacial score (nSPS) is 11.0. The molecular formula is C20H18FN5. The van der Waals surface area contributed by atoms with Gasteiger partial charge in [-0.3, -0.25) is 0 Å². The van der Waals surface area contributed by atoms with Crippen LogP contribution in [0.15, 0.2) is 60.9 Å². The Hall–Kier alpha value is -3.28. The summed E-state index contributed by atoms with van der Waals surface area (Å²) >= 11 is 0. The summed E-state index contributed by atoms with van der Waals surface area (Å²) in [5, 5.41) is 5.35. The first-order valence-corrected chi connectivity index (χ1v) is 8.35. The fourth-order valence-electron chi connectivity index (χ4n) is 3.11. The summed E-state index contributed by atoms with van der Waals surface area (Å²) < 4.78 is 15.8. The summed E-state index contributed by atoms with van der Waals surface area (Å²) in [5.74, 6) is 0.439. The van der Waals surface area contributed by atoms with Crippen LogP contribution in [0.5, 0.6) is 0 Å². The lowest BCUT2D eigenvalue weighted by atomic mass is 10.2. The lowest BCUT2D eigenvalue weighted by Gasteiger charge is -2.19. The molecule has 2 aromatic heterocycles. The highest BCUT2D eigenvalue weighted by molar-refractivity contribution is 5.90. The summed E-state index contributed by atoms with van der Waals surface area (Å²) in [6.45, 7) is 2.60. The van der Waals surface area contributed by atoms with Crippen LogP contribution < -0.4 is 4.90 Å². The van der Waals surface area contributed by atoms with E-state index in [1.165, 1.54) is 18.0 Å². The second-order valence-corrected chi connectivity index (χ2v) is 6.19. The van der Waals surface area contributed by atoms with E-state index in [1.807, 2.05) is 32.2 Å².